The Kier molecular flexibility index (Phi) is 5.69. The van der Waals surface area contributed by atoms with Crippen molar-refractivity contribution in [1.29, 1.82) is 0 Å². The van der Waals surface area contributed by atoms with Crippen molar-refractivity contribution >= 4 is 11.9 Å². The lowest BCUT2D eigenvalue weighted by atomic mass is 9.96. The number of hydrogen-bond donors (Lipinski definition) is 2. The van der Waals surface area contributed by atoms with Crippen LogP contribution in [0.15, 0.2) is 47.3 Å². The lowest BCUT2D eigenvalue weighted by Gasteiger charge is -2.25. The van der Waals surface area contributed by atoms with E-state index < -0.39 is 17.4 Å². The molecular weight excluding hydrogens is 322 g/mol. The van der Waals surface area contributed by atoms with Crippen LogP contribution < -0.4 is 10.9 Å². The lowest BCUT2D eigenvalue weighted by molar-refractivity contribution is -0.144. The van der Waals surface area contributed by atoms with Gasteiger partial charge in [-0.2, -0.15) is 5.10 Å². The Hall–Kier alpha value is -2.96. The average molecular weight is 343 g/mol. The summed E-state index contributed by atoms with van der Waals surface area (Å²) in [7, 11) is 0. The maximum Gasteiger partial charge on any atom is 0.329 e. The summed E-state index contributed by atoms with van der Waals surface area (Å²) in [6, 6.07) is 11.8. The summed E-state index contributed by atoms with van der Waals surface area (Å²) >= 11 is 0. The predicted octanol–water partition coefficient (Wildman–Crippen LogP) is 1.66. The van der Waals surface area contributed by atoms with Gasteiger partial charge < -0.3 is 10.4 Å². The first-order valence-electron chi connectivity index (χ1n) is 8.04. The Labute approximate surface area is 145 Å². The Morgan fingerprint density at radius 3 is 2.48 bits per heavy atom. The molecule has 0 saturated heterocycles. The van der Waals surface area contributed by atoms with Crippen molar-refractivity contribution in [3.05, 3.63) is 64.1 Å². The summed E-state index contributed by atoms with van der Waals surface area (Å²) in [5, 5.41) is 15.9. The van der Waals surface area contributed by atoms with E-state index in [0.717, 1.165) is 5.56 Å². The zero-order chi connectivity index (χ0) is 18.4. The summed E-state index contributed by atoms with van der Waals surface area (Å²) in [5.41, 5.74) is -0.849. The minimum absolute atomic E-state index is 0.000825. The van der Waals surface area contributed by atoms with E-state index in [1.807, 2.05) is 37.3 Å². The number of rotatable bonds is 7. The highest BCUT2D eigenvalue weighted by Gasteiger charge is 2.34. The number of carbonyl (C=O) groups excluding carboxylic acids is 1. The molecule has 2 aromatic rings. The maximum absolute atomic E-state index is 12.4. The molecule has 1 aromatic carbocycles. The highest BCUT2D eigenvalue weighted by molar-refractivity contribution is 5.96. The van der Waals surface area contributed by atoms with Crippen LogP contribution in [-0.4, -0.2) is 32.3 Å². The molecule has 0 spiro atoms. The number of carbonyl (C=O) groups is 2. The van der Waals surface area contributed by atoms with Gasteiger partial charge in [-0.05, 0) is 25.0 Å². The van der Waals surface area contributed by atoms with Gasteiger partial charge in [0.1, 0.15) is 11.2 Å². The van der Waals surface area contributed by atoms with Crippen molar-refractivity contribution in [1.82, 2.24) is 15.1 Å². The van der Waals surface area contributed by atoms with Gasteiger partial charge in [0.2, 0.25) is 0 Å². The van der Waals surface area contributed by atoms with Gasteiger partial charge in [-0.25, -0.2) is 9.48 Å². The van der Waals surface area contributed by atoms with E-state index in [4.69, 9.17) is 0 Å². The average Bonchev–Trinajstić information content (AvgIpc) is 2.57. The molecule has 2 N–H and O–H groups in total. The van der Waals surface area contributed by atoms with Gasteiger partial charge in [0, 0.05) is 6.07 Å². The topological polar surface area (TPSA) is 101 Å². The second-order valence-corrected chi connectivity index (χ2v) is 6.04. The molecule has 0 aliphatic rings. The molecule has 0 aliphatic carbocycles. The highest BCUT2D eigenvalue weighted by Crippen LogP contribution is 2.13. The molecule has 0 fully saturated rings. The van der Waals surface area contributed by atoms with Crippen LogP contribution in [0.4, 0.5) is 0 Å². The monoisotopic (exact) mass is 343 g/mol. The van der Waals surface area contributed by atoms with Crippen LogP contribution >= 0.6 is 0 Å². The minimum Gasteiger partial charge on any atom is -0.480 e. The third-order valence-corrected chi connectivity index (χ3v) is 3.89. The first-order valence-corrected chi connectivity index (χ1v) is 8.04. The first kappa shape index (κ1) is 18.4. The molecule has 25 heavy (non-hydrogen) atoms. The molecule has 132 valence electrons. The lowest BCUT2D eigenvalue weighted by Crippen LogP contribution is -2.52. The van der Waals surface area contributed by atoms with Crippen molar-refractivity contribution in [2.45, 2.75) is 38.8 Å². The molecule has 1 unspecified atom stereocenters. The van der Waals surface area contributed by atoms with E-state index in [9.17, 15) is 19.5 Å². The van der Waals surface area contributed by atoms with E-state index in [0.29, 0.717) is 6.42 Å². The standard InChI is InChI=1S/C18H21N3O4/c1-3-11-18(2,17(24)25)19-16(23)14-9-10-15(22)21(20-14)12-13-7-5-4-6-8-13/h4-10H,3,11-12H2,1-2H3,(H,19,23)(H,24,25). The zero-order valence-electron chi connectivity index (χ0n) is 14.2. The van der Waals surface area contributed by atoms with Crippen LogP contribution in [-0.2, 0) is 11.3 Å². The smallest absolute Gasteiger partial charge is 0.329 e. The van der Waals surface area contributed by atoms with Crippen LogP contribution in [0.2, 0.25) is 0 Å². The van der Waals surface area contributed by atoms with Crippen LogP contribution in [0.5, 0.6) is 0 Å². The molecule has 0 bridgehead atoms. The van der Waals surface area contributed by atoms with Gasteiger partial charge in [-0.3, -0.25) is 9.59 Å². The van der Waals surface area contributed by atoms with E-state index in [2.05, 4.69) is 10.4 Å². The summed E-state index contributed by atoms with van der Waals surface area (Å²) in [5.74, 6) is -1.74. The fraction of sp³-hybridized carbons (Fsp3) is 0.333. The number of amides is 1. The number of benzene rings is 1. The summed E-state index contributed by atoms with van der Waals surface area (Å²) in [4.78, 5) is 35.8. The maximum atomic E-state index is 12.4. The number of aliphatic carboxylic acids is 1. The first-order chi connectivity index (χ1) is 11.9. The Balaban J connectivity index is 2.25. The summed E-state index contributed by atoms with van der Waals surface area (Å²) < 4.78 is 1.18. The fourth-order valence-electron chi connectivity index (χ4n) is 2.48. The van der Waals surface area contributed by atoms with Gasteiger partial charge >= 0.3 is 5.97 Å². The number of nitrogens with one attached hydrogen (secondary N) is 1. The SMILES string of the molecule is CCCC(C)(NC(=O)c1ccc(=O)n(Cc2ccccc2)n1)C(=O)O. The van der Waals surface area contributed by atoms with Crippen LogP contribution in [0, 0.1) is 0 Å². The van der Waals surface area contributed by atoms with Gasteiger partial charge in [-0.15, -0.1) is 0 Å². The van der Waals surface area contributed by atoms with E-state index in [-0.39, 0.29) is 24.2 Å². The third-order valence-electron chi connectivity index (χ3n) is 3.89. The number of carboxylic acid groups (broad SMARTS) is 1. The second-order valence-electron chi connectivity index (χ2n) is 6.04. The fourth-order valence-corrected chi connectivity index (χ4v) is 2.48. The summed E-state index contributed by atoms with van der Waals surface area (Å²) in [6.07, 6.45) is 0.891. The quantitative estimate of drug-likeness (QED) is 0.796. The predicted molar refractivity (Wildman–Crippen MR) is 92.5 cm³/mol. The van der Waals surface area contributed by atoms with E-state index in [1.165, 1.54) is 23.7 Å². The molecule has 1 amide bonds. The van der Waals surface area contributed by atoms with Crippen molar-refractivity contribution in [2.24, 2.45) is 0 Å². The normalized spacial score (nSPS) is 13.0. The molecule has 0 radical (unpaired) electrons. The second kappa shape index (κ2) is 7.74. The van der Waals surface area contributed by atoms with Gasteiger partial charge in [0.25, 0.3) is 11.5 Å². The van der Waals surface area contributed by atoms with E-state index in [1.54, 1.807) is 0 Å². The molecule has 0 aliphatic heterocycles. The molecule has 7 heteroatoms. The molecular formula is C18H21N3O4. The van der Waals surface area contributed by atoms with Gasteiger partial charge in [-0.1, -0.05) is 43.7 Å². The molecule has 7 nitrogen and oxygen atoms in total. The van der Waals surface area contributed by atoms with Crippen molar-refractivity contribution in [2.75, 3.05) is 0 Å². The van der Waals surface area contributed by atoms with Crippen molar-refractivity contribution < 1.29 is 14.7 Å². The van der Waals surface area contributed by atoms with E-state index >= 15 is 0 Å². The Bertz CT molecular complexity index is 817. The third kappa shape index (κ3) is 4.53. The van der Waals surface area contributed by atoms with Gasteiger partial charge in [0.15, 0.2) is 0 Å². The van der Waals surface area contributed by atoms with Crippen molar-refractivity contribution in [3.63, 3.8) is 0 Å². The van der Waals surface area contributed by atoms with Crippen LogP contribution in [0.1, 0.15) is 42.7 Å². The van der Waals surface area contributed by atoms with Crippen molar-refractivity contribution in [3.8, 4) is 0 Å². The molecule has 1 heterocycles. The largest absolute Gasteiger partial charge is 0.480 e. The number of aromatic nitrogens is 2. The van der Waals surface area contributed by atoms with Crippen LogP contribution in [0.25, 0.3) is 0 Å². The molecule has 0 saturated carbocycles. The number of carboxylic acids is 1. The van der Waals surface area contributed by atoms with Gasteiger partial charge in [0.05, 0.1) is 6.54 Å². The zero-order valence-corrected chi connectivity index (χ0v) is 14.2. The molecule has 1 atom stereocenters. The van der Waals surface area contributed by atoms with Crippen LogP contribution in [0.3, 0.4) is 0 Å². The molecule has 2 rings (SSSR count). The highest BCUT2D eigenvalue weighted by atomic mass is 16.4. The Morgan fingerprint density at radius 2 is 1.88 bits per heavy atom. The number of nitrogens with zero attached hydrogens (tertiary/aromatic N) is 2. The minimum atomic E-state index is -1.38. The Morgan fingerprint density at radius 1 is 1.20 bits per heavy atom. The summed E-state index contributed by atoms with van der Waals surface area (Å²) in [6.45, 7) is 3.52. The molecule has 1 aromatic heterocycles. The number of hydrogen-bond acceptors (Lipinski definition) is 4.